The predicted molar refractivity (Wildman–Crippen MR) is 72.8 cm³/mol. The Hall–Kier alpha value is -1.69. The Bertz CT molecular complexity index is 548. The maximum atomic E-state index is 13.1. The number of β-amino-alcohol motifs (C(OH)–C–C–N with tert-alkyl or cyclic N) is 1. The van der Waals surface area contributed by atoms with Crippen molar-refractivity contribution in [3.05, 3.63) is 35.4 Å². The summed E-state index contributed by atoms with van der Waals surface area (Å²) in [7, 11) is 0. The molecule has 4 nitrogen and oxygen atoms in total. The molecule has 1 N–H and O–H groups in total. The molecule has 0 saturated carbocycles. The standard InChI is InChI=1S/C15H19F2NO3/c1-14(2,3)21-13(19)18-8-15(20,9-18)7-10-4-5-11(16)12(17)6-10/h4-6,20H,7-9H2,1-3H3. The van der Waals surface area contributed by atoms with E-state index in [0.29, 0.717) is 5.56 Å². The molecule has 0 spiro atoms. The van der Waals surface area contributed by atoms with E-state index in [1.54, 1.807) is 20.8 Å². The highest BCUT2D eigenvalue weighted by Gasteiger charge is 2.45. The number of hydrogen-bond acceptors (Lipinski definition) is 3. The van der Waals surface area contributed by atoms with Gasteiger partial charge in [-0.25, -0.2) is 13.6 Å². The fourth-order valence-electron chi connectivity index (χ4n) is 2.26. The number of amides is 1. The summed E-state index contributed by atoms with van der Waals surface area (Å²) in [6, 6.07) is 3.51. The average Bonchev–Trinajstić information content (AvgIpc) is 2.28. The molecule has 6 heteroatoms. The number of ether oxygens (including phenoxy) is 1. The molecule has 1 aromatic rings. The fraction of sp³-hybridized carbons (Fsp3) is 0.533. The lowest BCUT2D eigenvalue weighted by Crippen LogP contribution is -2.65. The van der Waals surface area contributed by atoms with Crippen LogP contribution in [0.1, 0.15) is 26.3 Å². The molecule has 21 heavy (non-hydrogen) atoms. The van der Waals surface area contributed by atoms with Crippen LogP contribution in [0.5, 0.6) is 0 Å². The van der Waals surface area contributed by atoms with Gasteiger partial charge in [-0.3, -0.25) is 0 Å². The average molecular weight is 299 g/mol. The van der Waals surface area contributed by atoms with Gasteiger partial charge in [-0.1, -0.05) is 6.07 Å². The fourth-order valence-corrected chi connectivity index (χ4v) is 2.26. The Morgan fingerprint density at radius 3 is 2.48 bits per heavy atom. The summed E-state index contributed by atoms with van der Waals surface area (Å²) in [5.41, 5.74) is -1.23. The topological polar surface area (TPSA) is 49.8 Å². The number of rotatable bonds is 2. The molecule has 1 heterocycles. The molecule has 0 radical (unpaired) electrons. The predicted octanol–water partition coefficient (Wildman–Crippen LogP) is 2.49. The van der Waals surface area contributed by atoms with Gasteiger partial charge in [0.2, 0.25) is 0 Å². The summed E-state index contributed by atoms with van der Waals surface area (Å²) in [4.78, 5) is 13.1. The Morgan fingerprint density at radius 1 is 1.33 bits per heavy atom. The molecule has 0 atom stereocenters. The van der Waals surface area contributed by atoms with E-state index < -0.39 is 28.9 Å². The Morgan fingerprint density at radius 2 is 1.95 bits per heavy atom. The Labute approximate surface area is 122 Å². The van der Waals surface area contributed by atoms with Gasteiger partial charge in [0.1, 0.15) is 11.2 Å². The van der Waals surface area contributed by atoms with E-state index in [9.17, 15) is 18.7 Å². The smallest absolute Gasteiger partial charge is 0.410 e. The third-order valence-corrected chi connectivity index (χ3v) is 3.14. The van der Waals surface area contributed by atoms with Crippen molar-refractivity contribution >= 4 is 6.09 Å². The van der Waals surface area contributed by atoms with Crippen LogP contribution in [-0.4, -0.2) is 40.4 Å². The number of benzene rings is 1. The van der Waals surface area contributed by atoms with Crippen molar-refractivity contribution in [1.82, 2.24) is 4.90 Å². The van der Waals surface area contributed by atoms with Gasteiger partial charge >= 0.3 is 6.09 Å². The van der Waals surface area contributed by atoms with Gasteiger partial charge in [0.15, 0.2) is 11.6 Å². The lowest BCUT2D eigenvalue weighted by molar-refractivity contribution is -0.0973. The zero-order chi connectivity index (χ0) is 15.8. The maximum absolute atomic E-state index is 13.1. The third kappa shape index (κ3) is 3.91. The van der Waals surface area contributed by atoms with Crippen LogP contribution in [0.2, 0.25) is 0 Å². The van der Waals surface area contributed by atoms with E-state index in [4.69, 9.17) is 4.74 Å². The highest BCUT2D eigenvalue weighted by atomic mass is 19.2. The molecule has 116 valence electrons. The highest BCUT2D eigenvalue weighted by Crippen LogP contribution is 2.27. The van der Waals surface area contributed by atoms with Gasteiger partial charge in [-0.2, -0.15) is 0 Å². The first-order valence-electron chi connectivity index (χ1n) is 6.72. The second-order valence-electron chi connectivity index (χ2n) is 6.49. The van der Waals surface area contributed by atoms with Gasteiger partial charge in [-0.05, 0) is 38.5 Å². The molecule has 1 aromatic carbocycles. The van der Waals surface area contributed by atoms with Crippen molar-refractivity contribution in [3.8, 4) is 0 Å². The maximum Gasteiger partial charge on any atom is 0.410 e. The second-order valence-corrected chi connectivity index (χ2v) is 6.49. The summed E-state index contributed by atoms with van der Waals surface area (Å²) in [5.74, 6) is -1.87. The molecule has 1 aliphatic rings. The van der Waals surface area contributed by atoms with Gasteiger partial charge in [0, 0.05) is 6.42 Å². The molecule has 0 aliphatic carbocycles. The summed E-state index contributed by atoms with van der Waals surface area (Å²) in [6.07, 6.45) is -0.332. The Kier molecular flexibility index (Phi) is 3.93. The quantitative estimate of drug-likeness (QED) is 0.913. The minimum atomic E-state index is -1.12. The van der Waals surface area contributed by atoms with Gasteiger partial charge in [0.05, 0.1) is 13.1 Å². The number of carbonyl (C=O) groups excluding carboxylic acids is 1. The van der Waals surface area contributed by atoms with E-state index in [2.05, 4.69) is 0 Å². The first-order chi connectivity index (χ1) is 9.58. The molecule has 1 aliphatic heterocycles. The van der Waals surface area contributed by atoms with Crippen molar-refractivity contribution in [2.45, 2.75) is 38.4 Å². The molecule has 2 rings (SSSR count). The van der Waals surface area contributed by atoms with Crippen molar-refractivity contribution < 1.29 is 23.4 Å². The van der Waals surface area contributed by atoms with Crippen LogP contribution >= 0.6 is 0 Å². The summed E-state index contributed by atoms with van der Waals surface area (Å²) in [6.45, 7) is 5.51. The normalized spacial score (nSPS) is 17.3. The van der Waals surface area contributed by atoms with Crippen LogP contribution in [0.4, 0.5) is 13.6 Å². The van der Waals surface area contributed by atoms with Crippen molar-refractivity contribution in [3.63, 3.8) is 0 Å². The minimum absolute atomic E-state index is 0.112. The Balaban J connectivity index is 1.92. The van der Waals surface area contributed by atoms with Crippen LogP contribution in [0.25, 0.3) is 0 Å². The summed E-state index contributed by atoms with van der Waals surface area (Å²) < 4.78 is 31.2. The monoisotopic (exact) mass is 299 g/mol. The molecular formula is C15H19F2NO3. The van der Waals surface area contributed by atoms with E-state index >= 15 is 0 Å². The molecule has 1 amide bonds. The third-order valence-electron chi connectivity index (χ3n) is 3.14. The van der Waals surface area contributed by atoms with E-state index in [1.807, 2.05) is 0 Å². The van der Waals surface area contributed by atoms with Gasteiger partial charge < -0.3 is 14.7 Å². The van der Waals surface area contributed by atoms with Crippen LogP contribution in [0.3, 0.4) is 0 Å². The van der Waals surface area contributed by atoms with E-state index in [1.165, 1.54) is 11.0 Å². The highest BCUT2D eigenvalue weighted by molar-refractivity contribution is 5.69. The van der Waals surface area contributed by atoms with Crippen LogP contribution in [-0.2, 0) is 11.2 Å². The number of hydrogen-bond donors (Lipinski definition) is 1. The summed E-state index contributed by atoms with van der Waals surface area (Å²) >= 11 is 0. The van der Waals surface area contributed by atoms with Crippen molar-refractivity contribution in [1.29, 1.82) is 0 Å². The zero-order valence-corrected chi connectivity index (χ0v) is 12.3. The first kappa shape index (κ1) is 15.7. The van der Waals surface area contributed by atoms with Crippen molar-refractivity contribution in [2.75, 3.05) is 13.1 Å². The SMILES string of the molecule is CC(C)(C)OC(=O)N1CC(O)(Cc2ccc(F)c(F)c2)C1. The molecule has 0 bridgehead atoms. The lowest BCUT2D eigenvalue weighted by Gasteiger charge is -2.46. The lowest BCUT2D eigenvalue weighted by atomic mass is 9.87. The zero-order valence-electron chi connectivity index (χ0n) is 12.3. The molecular weight excluding hydrogens is 280 g/mol. The number of carbonyl (C=O) groups is 1. The molecule has 0 aromatic heterocycles. The second kappa shape index (κ2) is 5.26. The minimum Gasteiger partial charge on any atom is -0.444 e. The number of nitrogens with zero attached hydrogens (tertiary/aromatic N) is 1. The largest absolute Gasteiger partial charge is 0.444 e. The van der Waals surface area contributed by atoms with Crippen LogP contribution in [0, 0.1) is 11.6 Å². The number of aliphatic hydroxyl groups is 1. The van der Waals surface area contributed by atoms with Crippen LogP contribution < -0.4 is 0 Å². The van der Waals surface area contributed by atoms with Gasteiger partial charge in [-0.15, -0.1) is 0 Å². The van der Waals surface area contributed by atoms with E-state index in [-0.39, 0.29) is 19.5 Å². The van der Waals surface area contributed by atoms with Gasteiger partial charge in [0.25, 0.3) is 0 Å². The molecule has 1 fully saturated rings. The van der Waals surface area contributed by atoms with Crippen molar-refractivity contribution in [2.24, 2.45) is 0 Å². The van der Waals surface area contributed by atoms with Crippen LogP contribution in [0.15, 0.2) is 18.2 Å². The number of halogens is 2. The van der Waals surface area contributed by atoms with E-state index in [0.717, 1.165) is 12.1 Å². The first-order valence-corrected chi connectivity index (χ1v) is 6.72. The molecule has 0 unspecified atom stereocenters. The molecule has 1 saturated heterocycles. The summed E-state index contributed by atoms with van der Waals surface area (Å²) in [5, 5.41) is 10.3. The number of likely N-dealkylation sites (tertiary alicyclic amines) is 1.